The third-order valence-corrected chi connectivity index (χ3v) is 7.82. The van der Waals surface area contributed by atoms with Crippen LogP contribution >= 0.6 is 11.6 Å². The van der Waals surface area contributed by atoms with Crippen LogP contribution < -0.4 is 4.72 Å². The Labute approximate surface area is 159 Å². The highest BCUT2D eigenvalue weighted by molar-refractivity contribution is 7.89. The second-order valence-electron chi connectivity index (χ2n) is 5.49. The smallest absolute Gasteiger partial charge is 0.207 e. The monoisotopic (exact) mass is 416 g/mol. The third kappa shape index (κ3) is 4.63. The van der Waals surface area contributed by atoms with E-state index in [4.69, 9.17) is 11.6 Å². The first-order valence-electron chi connectivity index (χ1n) is 8.05. The van der Waals surface area contributed by atoms with Crippen molar-refractivity contribution < 1.29 is 16.8 Å². The molecular weight excluding hydrogens is 396 g/mol. The van der Waals surface area contributed by atoms with Gasteiger partial charge in [-0.3, -0.25) is 0 Å². The number of rotatable bonds is 8. The molecule has 0 aliphatic heterocycles. The van der Waals surface area contributed by atoms with E-state index in [1.807, 2.05) is 0 Å². The Kier molecular flexibility index (Phi) is 6.81. The predicted octanol–water partition coefficient (Wildman–Crippen LogP) is 2.85. The molecule has 0 aromatic heterocycles. The quantitative estimate of drug-likeness (QED) is 0.717. The molecule has 2 aromatic rings. The number of nitrogens with one attached hydrogen (secondary N) is 1. The predicted molar refractivity (Wildman–Crippen MR) is 102 cm³/mol. The fourth-order valence-corrected chi connectivity index (χ4v) is 5.40. The molecule has 26 heavy (non-hydrogen) atoms. The summed E-state index contributed by atoms with van der Waals surface area (Å²) < 4.78 is 53.4. The van der Waals surface area contributed by atoms with Gasteiger partial charge in [0.15, 0.2) is 0 Å². The van der Waals surface area contributed by atoms with E-state index in [-0.39, 0.29) is 21.4 Å². The molecule has 2 rings (SSSR count). The molecule has 0 amide bonds. The van der Waals surface area contributed by atoms with Crippen molar-refractivity contribution >= 4 is 31.6 Å². The molecule has 9 heteroatoms. The largest absolute Gasteiger partial charge is 0.243 e. The topological polar surface area (TPSA) is 83.6 Å². The van der Waals surface area contributed by atoms with Crippen LogP contribution in [0.1, 0.15) is 19.4 Å². The maximum Gasteiger partial charge on any atom is 0.243 e. The molecule has 0 bridgehead atoms. The molecule has 0 saturated heterocycles. The van der Waals surface area contributed by atoms with Gasteiger partial charge in [0.1, 0.15) is 4.90 Å². The molecule has 0 heterocycles. The van der Waals surface area contributed by atoms with E-state index in [1.165, 1.54) is 28.6 Å². The normalized spacial score (nSPS) is 12.5. The van der Waals surface area contributed by atoms with E-state index < -0.39 is 20.0 Å². The standard InChI is InChI=1S/C17H21ClN2O4S2/c1-3-20(4-2)26(23,24)15-11-9-14(10-12-15)13-19-25(21,22)17-8-6-5-7-16(17)18/h5-12,19H,3-4,13H2,1-2H3. The maximum absolute atomic E-state index is 12.4. The van der Waals surface area contributed by atoms with Gasteiger partial charge >= 0.3 is 0 Å². The van der Waals surface area contributed by atoms with Crippen LogP contribution in [-0.2, 0) is 26.6 Å². The van der Waals surface area contributed by atoms with Crippen LogP contribution in [0.15, 0.2) is 58.3 Å². The molecule has 0 spiro atoms. The van der Waals surface area contributed by atoms with Crippen LogP contribution in [0, 0.1) is 0 Å². The van der Waals surface area contributed by atoms with Crippen molar-refractivity contribution in [1.29, 1.82) is 0 Å². The summed E-state index contributed by atoms with van der Waals surface area (Å²) in [5, 5.41) is 0.140. The highest BCUT2D eigenvalue weighted by Crippen LogP contribution is 2.21. The van der Waals surface area contributed by atoms with Crippen molar-refractivity contribution in [2.24, 2.45) is 0 Å². The minimum absolute atomic E-state index is 0.00222. The number of benzene rings is 2. The lowest BCUT2D eigenvalue weighted by atomic mass is 10.2. The van der Waals surface area contributed by atoms with Crippen molar-refractivity contribution in [3.05, 3.63) is 59.1 Å². The van der Waals surface area contributed by atoms with Crippen molar-refractivity contribution in [3.63, 3.8) is 0 Å². The van der Waals surface area contributed by atoms with Gasteiger partial charge in [-0.2, -0.15) is 4.31 Å². The Balaban J connectivity index is 2.14. The summed E-state index contributed by atoms with van der Waals surface area (Å²) in [6.07, 6.45) is 0. The maximum atomic E-state index is 12.4. The summed E-state index contributed by atoms with van der Waals surface area (Å²) in [7, 11) is -7.29. The fraction of sp³-hybridized carbons (Fsp3) is 0.294. The molecule has 142 valence electrons. The summed E-state index contributed by atoms with van der Waals surface area (Å²) in [5.41, 5.74) is 0.638. The number of hydrogen-bond acceptors (Lipinski definition) is 4. The zero-order valence-corrected chi connectivity index (χ0v) is 16.9. The molecule has 0 aliphatic rings. The van der Waals surface area contributed by atoms with Gasteiger partial charge in [0, 0.05) is 19.6 Å². The van der Waals surface area contributed by atoms with Crippen LogP contribution in [0.2, 0.25) is 5.02 Å². The molecule has 0 unspecified atom stereocenters. The summed E-state index contributed by atoms with van der Waals surface area (Å²) >= 11 is 5.93. The first-order chi connectivity index (χ1) is 12.2. The Hall–Kier alpha value is -1.45. The van der Waals surface area contributed by atoms with Gasteiger partial charge in [-0.05, 0) is 29.8 Å². The molecule has 1 N–H and O–H groups in total. The van der Waals surface area contributed by atoms with E-state index in [9.17, 15) is 16.8 Å². The zero-order chi connectivity index (χ0) is 19.4. The zero-order valence-electron chi connectivity index (χ0n) is 14.5. The number of halogens is 1. The average molecular weight is 417 g/mol. The molecule has 2 aromatic carbocycles. The van der Waals surface area contributed by atoms with E-state index in [0.717, 1.165) is 0 Å². The SMILES string of the molecule is CCN(CC)S(=O)(=O)c1ccc(CNS(=O)(=O)c2ccccc2Cl)cc1. The summed E-state index contributed by atoms with van der Waals surface area (Å²) in [6.45, 7) is 4.35. The number of nitrogens with zero attached hydrogens (tertiary/aromatic N) is 1. The van der Waals surface area contributed by atoms with Crippen molar-refractivity contribution in [2.75, 3.05) is 13.1 Å². The average Bonchev–Trinajstić information content (AvgIpc) is 2.61. The van der Waals surface area contributed by atoms with Gasteiger partial charge in [-0.15, -0.1) is 0 Å². The molecule has 6 nitrogen and oxygen atoms in total. The van der Waals surface area contributed by atoms with Crippen LogP contribution in [0.5, 0.6) is 0 Å². The van der Waals surface area contributed by atoms with Crippen LogP contribution in [0.3, 0.4) is 0 Å². The molecule has 0 radical (unpaired) electrons. The van der Waals surface area contributed by atoms with Crippen molar-refractivity contribution in [2.45, 2.75) is 30.2 Å². The second kappa shape index (κ2) is 8.49. The first-order valence-corrected chi connectivity index (χ1v) is 11.4. The summed E-state index contributed by atoms with van der Waals surface area (Å²) in [6, 6.07) is 12.3. The van der Waals surface area contributed by atoms with E-state index >= 15 is 0 Å². The Bertz CT molecular complexity index is 955. The summed E-state index contributed by atoms with van der Waals surface area (Å²) in [4.78, 5) is 0.182. The second-order valence-corrected chi connectivity index (χ2v) is 9.57. The third-order valence-electron chi connectivity index (χ3n) is 3.86. The molecule has 0 atom stereocenters. The molecule has 0 saturated carbocycles. The van der Waals surface area contributed by atoms with Gasteiger partial charge in [-0.1, -0.05) is 49.7 Å². The lowest BCUT2D eigenvalue weighted by Crippen LogP contribution is -2.30. The number of sulfonamides is 2. The lowest BCUT2D eigenvalue weighted by Gasteiger charge is -2.18. The molecular formula is C17H21ClN2O4S2. The first kappa shape index (κ1) is 20.9. The van der Waals surface area contributed by atoms with Gasteiger partial charge in [0.05, 0.1) is 9.92 Å². The van der Waals surface area contributed by atoms with E-state index in [1.54, 1.807) is 38.1 Å². The Morgan fingerprint density at radius 3 is 2.04 bits per heavy atom. The van der Waals surface area contributed by atoms with Gasteiger partial charge in [0.2, 0.25) is 20.0 Å². The van der Waals surface area contributed by atoms with Gasteiger partial charge < -0.3 is 0 Å². The van der Waals surface area contributed by atoms with Crippen LogP contribution in [-0.4, -0.2) is 34.2 Å². The highest BCUT2D eigenvalue weighted by atomic mass is 35.5. The van der Waals surface area contributed by atoms with Crippen molar-refractivity contribution in [3.8, 4) is 0 Å². The Morgan fingerprint density at radius 1 is 0.923 bits per heavy atom. The van der Waals surface area contributed by atoms with Gasteiger partial charge in [0.25, 0.3) is 0 Å². The van der Waals surface area contributed by atoms with Crippen molar-refractivity contribution in [1.82, 2.24) is 9.03 Å². The lowest BCUT2D eigenvalue weighted by molar-refractivity contribution is 0.445. The van der Waals surface area contributed by atoms with E-state index in [2.05, 4.69) is 4.72 Å². The van der Waals surface area contributed by atoms with Crippen LogP contribution in [0.4, 0.5) is 0 Å². The van der Waals surface area contributed by atoms with Gasteiger partial charge in [-0.25, -0.2) is 21.6 Å². The fourth-order valence-electron chi connectivity index (χ4n) is 2.41. The highest BCUT2D eigenvalue weighted by Gasteiger charge is 2.21. The molecule has 0 fully saturated rings. The Morgan fingerprint density at radius 2 is 1.50 bits per heavy atom. The minimum Gasteiger partial charge on any atom is -0.207 e. The number of hydrogen-bond donors (Lipinski definition) is 1. The van der Waals surface area contributed by atoms with Crippen LogP contribution in [0.25, 0.3) is 0 Å². The van der Waals surface area contributed by atoms with E-state index in [0.29, 0.717) is 18.7 Å². The molecule has 0 aliphatic carbocycles. The minimum atomic E-state index is -3.76. The summed E-state index contributed by atoms with van der Waals surface area (Å²) in [5.74, 6) is 0.